The lowest BCUT2D eigenvalue weighted by atomic mass is 9.96. The average Bonchev–Trinajstić information content (AvgIpc) is 2.52. The third-order valence-electron chi connectivity index (χ3n) is 3.82. The summed E-state index contributed by atoms with van der Waals surface area (Å²) in [5.74, 6) is -0.143. The molecule has 21 heavy (non-hydrogen) atoms. The normalized spacial score (nSPS) is 18.3. The molecular weight excluding hydrogens is 266 g/mol. The standard InChI is InChI=1S/C16H23N3O2/c1-2-9-18-15(20)12-6-5-10-19(11-12)16(21)13-7-3-4-8-14(13)17/h3-4,7-8,12H,2,5-6,9-11,17H2,1H3,(H,18,20). The highest BCUT2D eigenvalue weighted by atomic mass is 16.2. The van der Waals surface area contributed by atoms with Crippen LogP contribution in [0.25, 0.3) is 0 Å². The van der Waals surface area contributed by atoms with Crippen molar-refractivity contribution in [1.82, 2.24) is 10.2 Å². The fourth-order valence-electron chi connectivity index (χ4n) is 2.63. The van der Waals surface area contributed by atoms with Crippen molar-refractivity contribution in [3.8, 4) is 0 Å². The topological polar surface area (TPSA) is 75.4 Å². The Kier molecular flexibility index (Phi) is 5.20. The molecule has 0 radical (unpaired) electrons. The van der Waals surface area contributed by atoms with E-state index in [-0.39, 0.29) is 17.7 Å². The number of nitrogens with zero attached hydrogens (tertiary/aromatic N) is 1. The third-order valence-corrected chi connectivity index (χ3v) is 3.82. The quantitative estimate of drug-likeness (QED) is 0.828. The molecule has 0 bridgehead atoms. The van der Waals surface area contributed by atoms with Crippen molar-refractivity contribution < 1.29 is 9.59 Å². The van der Waals surface area contributed by atoms with Gasteiger partial charge in [0.25, 0.3) is 5.91 Å². The predicted octanol–water partition coefficient (Wildman–Crippen LogP) is 1.65. The van der Waals surface area contributed by atoms with Crippen LogP contribution in [-0.2, 0) is 4.79 Å². The first-order valence-corrected chi connectivity index (χ1v) is 7.55. The van der Waals surface area contributed by atoms with E-state index in [2.05, 4.69) is 5.32 Å². The van der Waals surface area contributed by atoms with Crippen molar-refractivity contribution in [2.75, 3.05) is 25.4 Å². The molecule has 5 nitrogen and oxygen atoms in total. The van der Waals surface area contributed by atoms with Gasteiger partial charge in [-0.3, -0.25) is 9.59 Å². The summed E-state index contributed by atoms with van der Waals surface area (Å²) in [6.07, 6.45) is 2.61. The minimum Gasteiger partial charge on any atom is -0.398 e. The molecule has 1 atom stereocenters. The number of amides is 2. The number of nitrogens with one attached hydrogen (secondary N) is 1. The number of nitrogen functional groups attached to an aromatic ring is 1. The van der Waals surface area contributed by atoms with E-state index in [9.17, 15) is 9.59 Å². The van der Waals surface area contributed by atoms with Crippen LogP contribution in [0.2, 0.25) is 0 Å². The average molecular weight is 289 g/mol. The van der Waals surface area contributed by atoms with Gasteiger partial charge in [-0.2, -0.15) is 0 Å². The van der Waals surface area contributed by atoms with E-state index in [0.29, 0.717) is 30.9 Å². The van der Waals surface area contributed by atoms with E-state index < -0.39 is 0 Å². The van der Waals surface area contributed by atoms with Gasteiger partial charge >= 0.3 is 0 Å². The molecule has 1 unspecified atom stereocenters. The van der Waals surface area contributed by atoms with Crippen LogP contribution in [0.5, 0.6) is 0 Å². The molecular formula is C16H23N3O2. The molecule has 0 aliphatic carbocycles. The fraction of sp³-hybridized carbons (Fsp3) is 0.500. The Morgan fingerprint density at radius 1 is 1.38 bits per heavy atom. The van der Waals surface area contributed by atoms with Crippen LogP contribution in [-0.4, -0.2) is 36.3 Å². The number of para-hydroxylation sites is 1. The van der Waals surface area contributed by atoms with Gasteiger partial charge in [-0.25, -0.2) is 0 Å². The maximum Gasteiger partial charge on any atom is 0.255 e. The Bertz CT molecular complexity index is 516. The molecule has 114 valence electrons. The van der Waals surface area contributed by atoms with E-state index in [1.54, 1.807) is 23.1 Å². The number of hydrogen-bond donors (Lipinski definition) is 2. The summed E-state index contributed by atoms with van der Waals surface area (Å²) in [4.78, 5) is 26.3. The van der Waals surface area contributed by atoms with Crippen LogP contribution >= 0.6 is 0 Å². The number of carbonyl (C=O) groups is 2. The summed E-state index contributed by atoms with van der Waals surface area (Å²) >= 11 is 0. The fourth-order valence-corrected chi connectivity index (χ4v) is 2.63. The van der Waals surface area contributed by atoms with Gasteiger partial charge in [-0.15, -0.1) is 0 Å². The first-order chi connectivity index (χ1) is 10.1. The van der Waals surface area contributed by atoms with Crippen LogP contribution < -0.4 is 11.1 Å². The zero-order valence-corrected chi connectivity index (χ0v) is 12.5. The van der Waals surface area contributed by atoms with E-state index in [1.165, 1.54) is 0 Å². The second-order valence-electron chi connectivity index (χ2n) is 5.47. The lowest BCUT2D eigenvalue weighted by Crippen LogP contribution is -2.45. The minimum absolute atomic E-state index is 0.0513. The highest BCUT2D eigenvalue weighted by molar-refractivity contribution is 5.99. The van der Waals surface area contributed by atoms with Crippen molar-refractivity contribution in [3.05, 3.63) is 29.8 Å². The number of rotatable bonds is 4. The zero-order chi connectivity index (χ0) is 15.2. The Hall–Kier alpha value is -2.04. The van der Waals surface area contributed by atoms with Crippen molar-refractivity contribution >= 4 is 17.5 Å². The number of benzene rings is 1. The van der Waals surface area contributed by atoms with Crippen molar-refractivity contribution in [3.63, 3.8) is 0 Å². The van der Waals surface area contributed by atoms with Crippen LogP contribution in [0.3, 0.4) is 0 Å². The molecule has 1 aromatic carbocycles. The van der Waals surface area contributed by atoms with E-state index in [0.717, 1.165) is 19.3 Å². The van der Waals surface area contributed by atoms with Gasteiger partial charge < -0.3 is 16.0 Å². The molecule has 3 N–H and O–H groups in total. The largest absolute Gasteiger partial charge is 0.398 e. The van der Waals surface area contributed by atoms with Gasteiger partial charge in [0.2, 0.25) is 5.91 Å². The van der Waals surface area contributed by atoms with Crippen molar-refractivity contribution in [2.45, 2.75) is 26.2 Å². The molecule has 1 aliphatic rings. The van der Waals surface area contributed by atoms with Crippen molar-refractivity contribution in [1.29, 1.82) is 0 Å². The molecule has 1 aliphatic heterocycles. The molecule has 2 rings (SSSR count). The van der Waals surface area contributed by atoms with Crippen LogP contribution in [0.4, 0.5) is 5.69 Å². The van der Waals surface area contributed by atoms with Gasteiger partial charge in [0.15, 0.2) is 0 Å². The summed E-state index contributed by atoms with van der Waals surface area (Å²) in [5.41, 5.74) is 6.87. The highest BCUT2D eigenvalue weighted by Gasteiger charge is 2.29. The molecule has 0 spiro atoms. The first kappa shape index (κ1) is 15.4. The summed E-state index contributed by atoms with van der Waals surface area (Å²) < 4.78 is 0. The van der Waals surface area contributed by atoms with E-state index >= 15 is 0 Å². The van der Waals surface area contributed by atoms with Gasteiger partial charge in [0, 0.05) is 25.3 Å². The zero-order valence-electron chi connectivity index (χ0n) is 12.5. The molecule has 5 heteroatoms. The molecule has 1 aromatic rings. The second-order valence-corrected chi connectivity index (χ2v) is 5.47. The number of likely N-dealkylation sites (tertiary alicyclic amines) is 1. The summed E-state index contributed by atoms with van der Waals surface area (Å²) in [6, 6.07) is 7.07. The number of anilines is 1. The SMILES string of the molecule is CCCNC(=O)C1CCCN(C(=O)c2ccccc2N)C1. The Labute approximate surface area is 125 Å². The Balaban J connectivity index is 2.02. The smallest absolute Gasteiger partial charge is 0.255 e. The second kappa shape index (κ2) is 7.11. The van der Waals surface area contributed by atoms with Gasteiger partial charge in [0.1, 0.15) is 0 Å². The Morgan fingerprint density at radius 2 is 2.14 bits per heavy atom. The maximum atomic E-state index is 12.5. The molecule has 2 amide bonds. The first-order valence-electron chi connectivity index (χ1n) is 7.55. The number of piperidine rings is 1. The van der Waals surface area contributed by atoms with E-state index in [4.69, 9.17) is 5.73 Å². The van der Waals surface area contributed by atoms with Gasteiger partial charge in [0.05, 0.1) is 11.5 Å². The minimum atomic E-state index is -0.112. The molecule has 1 saturated heterocycles. The summed E-state index contributed by atoms with van der Waals surface area (Å²) in [5, 5.41) is 2.91. The maximum absolute atomic E-state index is 12.5. The third kappa shape index (κ3) is 3.74. The predicted molar refractivity (Wildman–Crippen MR) is 82.8 cm³/mol. The monoisotopic (exact) mass is 289 g/mol. The van der Waals surface area contributed by atoms with Gasteiger partial charge in [-0.05, 0) is 31.4 Å². The van der Waals surface area contributed by atoms with Gasteiger partial charge in [-0.1, -0.05) is 19.1 Å². The number of hydrogen-bond acceptors (Lipinski definition) is 3. The molecule has 0 aromatic heterocycles. The van der Waals surface area contributed by atoms with E-state index in [1.807, 2.05) is 13.0 Å². The number of nitrogens with two attached hydrogens (primary N) is 1. The van der Waals surface area contributed by atoms with Crippen LogP contribution in [0.1, 0.15) is 36.5 Å². The van der Waals surface area contributed by atoms with Crippen molar-refractivity contribution in [2.24, 2.45) is 5.92 Å². The molecule has 0 saturated carbocycles. The lowest BCUT2D eigenvalue weighted by molar-refractivity contribution is -0.126. The van der Waals surface area contributed by atoms with Crippen LogP contribution in [0, 0.1) is 5.92 Å². The summed E-state index contributed by atoms with van der Waals surface area (Å²) in [6.45, 7) is 3.87. The van der Waals surface area contributed by atoms with Crippen LogP contribution in [0.15, 0.2) is 24.3 Å². The summed E-state index contributed by atoms with van der Waals surface area (Å²) in [7, 11) is 0. The molecule has 1 fully saturated rings. The lowest BCUT2D eigenvalue weighted by Gasteiger charge is -2.32. The Morgan fingerprint density at radius 3 is 2.86 bits per heavy atom. The highest BCUT2D eigenvalue weighted by Crippen LogP contribution is 2.21. The molecule has 1 heterocycles. The number of carbonyl (C=O) groups excluding carboxylic acids is 2.